The lowest BCUT2D eigenvalue weighted by Gasteiger charge is -2.25. The van der Waals surface area contributed by atoms with Gasteiger partial charge >= 0.3 is 5.97 Å². The van der Waals surface area contributed by atoms with E-state index >= 15 is 0 Å². The Hall–Kier alpha value is -1.29. The van der Waals surface area contributed by atoms with Gasteiger partial charge in [0.25, 0.3) is 0 Å². The molecule has 1 N–H and O–H groups in total. The molecule has 1 aliphatic heterocycles. The third-order valence-electron chi connectivity index (χ3n) is 3.75. The Morgan fingerprint density at radius 2 is 2.38 bits per heavy atom. The summed E-state index contributed by atoms with van der Waals surface area (Å²) in [5.41, 5.74) is 0. The van der Waals surface area contributed by atoms with Gasteiger partial charge in [-0.1, -0.05) is 0 Å². The predicted molar refractivity (Wildman–Crippen MR) is 57.2 cm³/mol. The van der Waals surface area contributed by atoms with Crippen LogP contribution in [0.1, 0.15) is 35.6 Å². The molecule has 1 saturated heterocycles. The van der Waals surface area contributed by atoms with Crippen LogP contribution < -0.4 is 0 Å². The number of piperidine rings is 1. The SMILES string of the molecule is O=C(O)c1ccc(CN2CC3CCC2C3)o1. The molecule has 4 nitrogen and oxygen atoms in total. The summed E-state index contributed by atoms with van der Waals surface area (Å²) >= 11 is 0. The average Bonchev–Trinajstić information content (AvgIpc) is 2.91. The van der Waals surface area contributed by atoms with E-state index in [1.807, 2.05) is 0 Å². The van der Waals surface area contributed by atoms with Gasteiger partial charge in [-0.25, -0.2) is 4.79 Å². The van der Waals surface area contributed by atoms with Crippen molar-refractivity contribution in [2.75, 3.05) is 6.54 Å². The standard InChI is InChI=1S/C12H15NO3/c14-12(15)11-4-3-10(16-11)7-13-6-8-1-2-9(13)5-8/h3-4,8-9H,1-2,5-7H2,(H,14,15). The fourth-order valence-corrected chi connectivity index (χ4v) is 3.00. The molecular weight excluding hydrogens is 206 g/mol. The second-order valence-electron chi connectivity index (χ2n) is 4.83. The number of furan rings is 1. The van der Waals surface area contributed by atoms with Gasteiger partial charge in [0.1, 0.15) is 5.76 Å². The van der Waals surface area contributed by atoms with E-state index in [9.17, 15) is 4.79 Å². The Balaban J connectivity index is 1.68. The van der Waals surface area contributed by atoms with Crippen molar-refractivity contribution < 1.29 is 14.3 Å². The number of nitrogens with zero attached hydrogens (tertiary/aromatic N) is 1. The highest BCUT2D eigenvalue weighted by Crippen LogP contribution is 2.38. The van der Waals surface area contributed by atoms with Crippen molar-refractivity contribution in [3.05, 3.63) is 23.7 Å². The maximum atomic E-state index is 10.7. The van der Waals surface area contributed by atoms with Crippen molar-refractivity contribution in [2.45, 2.75) is 31.8 Å². The number of carboxylic acids is 1. The fourth-order valence-electron chi connectivity index (χ4n) is 3.00. The predicted octanol–water partition coefficient (Wildman–Crippen LogP) is 1.96. The van der Waals surface area contributed by atoms with Gasteiger partial charge in [-0.05, 0) is 37.3 Å². The number of fused-ring (bicyclic) bond motifs is 2. The molecule has 2 heterocycles. The van der Waals surface area contributed by atoms with E-state index in [0.717, 1.165) is 24.8 Å². The summed E-state index contributed by atoms with van der Waals surface area (Å²) in [7, 11) is 0. The van der Waals surface area contributed by atoms with Crippen LogP contribution in [0.2, 0.25) is 0 Å². The Kier molecular flexibility index (Phi) is 2.24. The number of hydrogen-bond acceptors (Lipinski definition) is 3. The van der Waals surface area contributed by atoms with E-state index in [2.05, 4.69) is 4.90 Å². The molecule has 16 heavy (non-hydrogen) atoms. The molecule has 1 aromatic rings. The van der Waals surface area contributed by atoms with Crippen LogP contribution in [0.4, 0.5) is 0 Å². The van der Waals surface area contributed by atoms with E-state index < -0.39 is 5.97 Å². The van der Waals surface area contributed by atoms with Crippen LogP contribution in [0.15, 0.2) is 16.5 Å². The first-order valence-electron chi connectivity index (χ1n) is 5.78. The van der Waals surface area contributed by atoms with Crippen LogP contribution in [0.25, 0.3) is 0 Å². The molecule has 3 rings (SSSR count). The van der Waals surface area contributed by atoms with Gasteiger partial charge in [-0.3, -0.25) is 4.90 Å². The summed E-state index contributed by atoms with van der Waals surface area (Å²) in [6.07, 6.45) is 3.96. The average molecular weight is 221 g/mol. The monoisotopic (exact) mass is 221 g/mol. The summed E-state index contributed by atoms with van der Waals surface area (Å²) in [5, 5.41) is 8.76. The first kappa shape index (κ1) is 9.90. The molecule has 2 bridgehead atoms. The zero-order chi connectivity index (χ0) is 11.1. The normalized spacial score (nSPS) is 28.8. The topological polar surface area (TPSA) is 53.7 Å². The molecule has 86 valence electrons. The van der Waals surface area contributed by atoms with Crippen LogP contribution in [-0.4, -0.2) is 28.6 Å². The maximum absolute atomic E-state index is 10.7. The quantitative estimate of drug-likeness (QED) is 0.847. The third kappa shape index (κ3) is 1.63. The summed E-state index contributed by atoms with van der Waals surface area (Å²) in [6.45, 7) is 1.90. The zero-order valence-electron chi connectivity index (χ0n) is 9.06. The second-order valence-corrected chi connectivity index (χ2v) is 4.83. The van der Waals surface area contributed by atoms with Crippen molar-refractivity contribution in [3.8, 4) is 0 Å². The van der Waals surface area contributed by atoms with Crippen LogP contribution in [-0.2, 0) is 6.54 Å². The number of rotatable bonds is 3. The first-order valence-corrected chi connectivity index (χ1v) is 5.78. The van der Waals surface area contributed by atoms with Gasteiger partial charge in [0.2, 0.25) is 5.76 Å². The molecule has 1 aliphatic carbocycles. The van der Waals surface area contributed by atoms with Gasteiger partial charge in [0, 0.05) is 12.6 Å². The Bertz CT molecular complexity index is 412. The minimum atomic E-state index is -0.991. The Morgan fingerprint density at radius 1 is 1.50 bits per heavy atom. The van der Waals surface area contributed by atoms with Crippen LogP contribution in [0.3, 0.4) is 0 Å². The lowest BCUT2D eigenvalue weighted by atomic mass is 10.1. The van der Waals surface area contributed by atoms with Crippen LogP contribution in [0.5, 0.6) is 0 Å². The van der Waals surface area contributed by atoms with Crippen molar-refractivity contribution in [2.24, 2.45) is 5.92 Å². The lowest BCUT2D eigenvalue weighted by Crippen LogP contribution is -2.31. The molecule has 0 spiro atoms. The molecule has 0 radical (unpaired) electrons. The third-order valence-corrected chi connectivity index (χ3v) is 3.75. The van der Waals surface area contributed by atoms with E-state index in [-0.39, 0.29) is 5.76 Å². The molecular formula is C12H15NO3. The van der Waals surface area contributed by atoms with Gasteiger partial charge in [-0.15, -0.1) is 0 Å². The Labute approximate surface area is 93.8 Å². The van der Waals surface area contributed by atoms with Crippen molar-refractivity contribution in [3.63, 3.8) is 0 Å². The molecule has 0 amide bonds. The molecule has 2 atom stereocenters. The van der Waals surface area contributed by atoms with Crippen molar-refractivity contribution in [1.82, 2.24) is 4.90 Å². The highest BCUT2D eigenvalue weighted by molar-refractivity contribution is 5.84. The molecule has 1 aromatic heterocycles. The smallest absolute Gasteiger partial charge is 0.371 e. The maximum Gasteiger partial charge on any atom is 0.371 e. The number of hydrogen-bond donors (Lipinski definition) is 1. The number of carboxylic acid groups (broad SMARTS) is 1. The summed E-state index contributed by atoms with van der Waals surface area (Å²) in [4.78, 5) is 13.1. The van der Waals surface area contributed by atoms with Crippen molar-refractivity contribution >= 4 is 5.97 Å². The highest BCUT2D eigenvalue weighted by Gasteiger charge is 2.37. The molecule has 2 unspecified atom stereocenters. The van der Waals surface area contributed by atoms with Crippen LogP contribution in [0, 0.1) is 5.92 Å². The number of likely N-dealkylation sites (tertiary alicyclic amines) is 1. The molecule has 0 aromatic carbocycles. The lowest BCUT2D eigenvalue weighted by molar-refractivity contribution is 0.0657. The van der Waals surface area contributed by atoms with E-state index in [0.29, 0.717) is 6.04 Å². The summed E-state index contributed by atoms with van der Waals surface area (Å²) in [6, 6.07) is 4.00. The second kappa shape index (κ2) is 3.63. The van der Waals surface area contributed by atoms with E-state index in [4.69, 9.17) is 9.52 Å². The molecule has 4 heteroatoms. The fraction of sp³-hybridized carbons (Fsp3) is 0.583. The largest absolute Gasteiger partial charge is 0.475 e. The number of carbonyl (C=O) groups is 1. The highest BCUT2D eigenvalue weighted by atomic mass is 16.4. The molecule has 2 fully saturated rings. The minimum absolute atomic E-state index is 0.0411. The molecule has 2 aliphatic rings. The summed E-state index contributed by atoms with van der Waals surface area (Å²) < 4.78 is 5.27. The van der Waals surface area contributed by atoms with Gasteiger partial charge in [0.15, 0.2) is 0 Å². The van der Waals surface area contributed by atoms with Gasteiger partial charge in [0.05, 0.1) is 6.54 Å². The van der Waals surface area contributed by atoms with E-state index in [1.165, 1.54) is 25.3 Å². The molecule has 1 saturated carbocycles. The summed E-state index contributed by atoms with van der Waals surface area (Å²) in [5.74, 6) is 0.678. The van der Waals surface area contributed by atoms with Gasteiger partial charge in [-0.2, -0.15) is 0 Å². The van der Waals surface area contributed by atoms with Crippen LogP contribution >= 0.6 is 0 Å². The Morgan fingerprint density at radius 3 is 2.94 bits per heavy atom. The number of aromatic carboxylic acids is 1. The minimum Gasteiger partial charge on any atom is -0.475 e. The zero-order valence-corrected chi connectivity index (χ0v) is 9.06. The first-order chi connectivity index (χ1) is 7.72. The van der Waals surface area contributed by atoms with Crippen molar-refractivity contribution in [1.29, 1.82) is 0 Å². The van der Waals surface area contributed by atoms with Gasteiger partial charge < -0.3 is 9.52 Å². The van der Waals surface area contributed by atoms with E-state index in [1.54, 1.807) is 6.07 Å².